The Kier molecular flexibility index (Phi) is 6.81. The molecule has 0 saturated heterocycles. The molecular formula is C23H23N3O5. The third-order valence-electron chi connectivity index (χ3n) is 4.88. The number of fused-ring (bicyclic) bond motifs is 1. The van der Waals surface area contributed by atoms with Crippen LogP contribution in [-0.4, -0.2) is 35.8 Å². The van der Waals surface area contributed by atoms with Crippen molar-refractivity contribution in [2.75, 3.05) is 7.05 Å². The van der Waals surface area contributed by atoms with Crippen molar-refractivity contribution >= 4 is 29.9 Å². The molecule has 0 aromatic heterocycles. The summed E-state index contributed by atoms with van der Waals surface area (Å²) < 4.78 is 5.50. The molecule has 3 rings (SSSR count). The number of benzene rings is 2. The number of rotatable bonds is 5. The maximum Gasteiger partial charge on any atom is 0.321 e. The first-order chi connectivity index (χ1) is 14.9. The smallest absolute Gasteiger partial charge is 0.321 e. The molecule has 4 amide bonds. The fourth-order valence-corrected chi connectivity index (χ4v) is 3.39. The van der Waals surface area contributed by atoms with Crippen LogP contribution in [-0.2, 0) is 19.1 Å². The number of urea groups is 1. The molecule has 1 heterocycles. The maximum absolute atomic E-state index is 12.9. The number of esters is 1. The number of imide groups is 1. The van der Waals surface area contributed by atoms with Gasteiger partial charge in [-0.1, -0.05) is 54.6 Å². The van der Waals surface area contributed by atoms with Crippen molar-refractivity contribution in [1.82, 2.24) is 15.5 Å². The molecule has 0 unspecified atom stereocenters. The molecule has 0 aliphatic carbocycles. The van der Waals surface area contributed by atoms with Crippen LogP contribution in [0.3, 0.4) is 0 Å². The predicted molar refractivity (Wildman–Crippen MR) is 113 cm³/mol. The molecule has 0 spiro atoms. The fourth-order valence-electron chi connectivity index (χ4n) is 3.39. The highest BCUT2D eigenvalue weighted by atomic mass is 16.5. The van der Waals surface area contributed by atoms with Crippen LogP contribution in [0, 0.1) is 0 Å². The Balaban J connectivity index is 1.83. The van der Waals surface area contributed by atoms with Gasteiger partial charge in [-0.15, -0.1) is 0 Å². The van der Waals surface area contributed by atoms with Gasteiger partial charge in [-0.05, 0) is 17.2 Å². The Morgan fingerprint density at radius 1 is 1.03 bits per heavy atom. The molecule has 2 atom stereocenters. The SMILES string of the molecule is CNC(=O)NC(=O)[C@@H](OC(=O)C[C@@H]1c2ccccc2C=CN1C(C)=O)c1ccccc1. The van der Waals surface area contributed by atoms with E-state index in [2.05, 4.69) is 10.6 Å². The molecule has 0 fully saturated rings. The van der Waals surface area contributed by atoms with Gasteiger partial charge in [0.2, 0.25) is 12.0 Å². The zero-order chi connectivity index (χ0) is 22.4. The summed E-state index contributed by atoms with van der Waals surface area (Å²) in [4.78, 5) is 50.6. The van der Waals surface area contributed by atoms with Crippen LogP contribution in [0.2, 0.25) is 0 Å². The summed E-state index contributed by atoms with van der Waals surface area (Å²) in [5.74, 6) is -1.67. The van der Waals surface area contributed by atoms with Crippen molar-refractivity contribution in [3.05, 3.63) is 77.5 Å². The number of nitrogens with zero attached hydrogens (tertiary/aromatic N) is 1. The number of carbonyl (C=O) groups excluding carboxylic acids is 4. The van der Waals surface area contributed by atoms with Gasteiger partial charge in [0.05, 0.1) is 12.5 Å². The summed E-state index contributed by atoms with van der Waals surface area (Å²) in [6.07, 6.45) is 1.97. The van der Waals surface area contributed by atoms with Gasteiger partial charge in [0.1, 0.15) is 0 Å². The average molecular weight is 421 g/mol. The first kappa shape index (κ1) is 21.8. The van der Waals surface area contributed by atoms with Gasteiger partial charge in [-0.25, -0.2) is 4.79 Å². The molecule has 1 aliphatic rings. The second kappa shape index (κ2) is 9.71. The van der Waals surface area contributed by atoms with Crippen LogP contribution in [0.4, 0.5) is 4.79 Å². The lowest BCUT2D eigenvalue weighted by atomic mass is 9.94. The normalized spacial score (nSPS) is 15.4. The van der Waals surface area contributed by atoms with E-state index in [1.165, 1.54) is 18.9 Å². The number of carbonyl (C=O) groups is 4. The Bertz CT molecular complexity index is 1020. The summed E-state index contributed by atoms with van der Waals surface area (Å²) >= 11 is 0. The van der Waals surface area contributed by atoms with Crippen molar-refractivity contribution in [3.8, 4) is 0 Å². The second-order valence-electron chi connectivity index (χ2n) is 6.94. The molecule has 0 radical (unpaired) electrons. The highest BCUT2D eigenvalue weighted by Gasteiger charge is 2.32. The molecule has 8 heteroatoms. The van der Waals surface area contributed by atoms with E-state index in [9.17, 15) is 19.2 Å². The number of hydrogen-bond donors (Lipinski definition) is 2. The van der Waals surface area contributed by atoms with Crippen LogP contribution in [0.1, 0.15) is 42.2 Å². The molecule has 31 heavy (non-hydrogen) atoms. The van der Waals surface area contributed by atoms with Crippen LogP contribution in [0.15, 0.2) is 60.8 Å². The van der Waals surface area contributed by atoms with E-state index in [1.807, 2.05) is 30.3 Å². The third-order valence-corrected chi connectivity index (χ3v) is 4.88. The van der Waals surface area contributed by atoms with Gasteiger partial charge >= 0.3 is 12.0 Å². The molecule has 160 valence electrons. The number of ether oxygens (including phenoxy) is 1. The Labute approximate surface area is 179 Å². The van der Waals surface area contributed by atoms with Crippen LogP contribution < -0.4 is 10.6 Å². The van der Waals surface area contributed by atoms with Crippen molar-refractivity contribution in [2.24, 2.45) is 0 Å². The number of nitrogens with one attached hydrogen (secondary N) is 2. The Morgan fingerprint density at radius 3 is 2.39 bits per heavy atom. The summed E-state index contributed by atoms with van der Waals surface area (Å²) in [5.41, 5.74) is 2.13. The van der Waals surface area contributed by atoms with Crippen LogP contribution >= 0.6 is 0 Å². The highest BCUT2D eigenvalue weighted by Crippen LogP contribution is 2.33. The molecule has 1 aliphatic heterocycles. The minimum absolute atomic E-state index is 0.155. The summed E-state index contributed by atoms with van der Waals surface area (Å²) in [7, 11) is 1.37. The molecule has 8 nitrogen and oxygen atoms in total. The van der Waals surface area contributed by atoms with Crippen molar-refractivity contribution in [2.45, 2.75) is 25.5 Å². The molecule has 2 aromatic rings. The van der Waals surface area contributed by atoms with E-state index >= 15 is 0 Å². The monoisotopic (exact) mass is 421 g/mol. The van der Waals surface area contributed by atoms with Gasteiger partial charge < -0.3 is 15.0 Å². The Morgan fingerprint density at radius 2 is 1.71 bits per heavy atom. The minimum atomic E-state index is -1.31. The standard InChI is InChI=1S/C23H23N3O5/c1-15(27)26-13-12-16-8-6-7-11-18(16)19(26)14-20(28)31-21(17-9-4-3-5-10-17)22(29)25-23(30)24-2/h3-13,19,21H,14H2,1-2H3,(H2,24,25,29,30)/t19-,21+/m1/s1. The van der Waals surface area contributed by atoms with Crippen molar-refractivity contribution in [1.29, 1.82) is 0 Å². The molecule has 2 aromatic carbocycles. The lowest BCUT2D eigenvalue weighted by Gasteiger charge is -2.32. The van der Waals surface area contributed by atoms with E-state index in [0.29, 0.717) is 5.56 Å². The molecule has 0 saturated carbocycles. The van der Waals surface area contributed by atoms with E-state index in [1.54, 1.807) is 36.5 Å². The van der Waals surface area contributed by atoms with Gasteiger partial charge in [0.15, 0.2) is 0 Å². The lowest BCUT2D eigenvalue weighted by Crippen LogP contribution is -2.41. The number of amides is 4. The maximum atomic E-state index is 12.9. The lowest BCUT2D eigenvalue weighted by molar-refractivity contribution is -0.157. The van der Waals surface area contributed by atoms with Crippen molar-refractivity contribution < 1.29 is 23.9 Å². The second-order valence-corrected chi connectivity index (χ2v) is 6.94. The molecule has 2 N–H and O–H groups in total. The highest BCUT2D eigenvalue weighted by molar-refractivity contribution is 5.97. The third kappa shape index (κ3) is 5.16. The molecule has 0 bridgehead atoms. The zero-order valence-electron chi connectivity index (χ0n) is 17.2. The summed E-state index contributed by atoms with van der Waals surface area (Å²) in [6.45, 7) is 1.42. The first-order valence-corrected chi connectivity index (χ1v) is 9.73. The van der Waals surface area contributed by atoms with E-state index in [4.69, 9.17) is 4.74 Å². The average Bonchev–Trinajstić information content (AvgIpc) is 2.77. The zero-order valence-corrected chi connectivity index (χ0v) is 17.2. The van der Waals surface area contributed by atoms with Crippen LogP contribution in [0.25, 0.3) is 6.08 Å². The Hall–Kier alpha value is -3.94. The first-order valence-electron chi connectivity index (χ1n) is 9.73. The van der Waals surface area contributed by atoms with Crippen LogP contribution in [0.5, 0.6) is 0 Å². The predicted octanol–water partition coefficient (Wildman–Crippen LogP) is 2.69. The van der Waals surface area contributed by atoms with Gasteiger partial charge in [0.25, 0.3) is 5.91 Å². The van der Waals surface area contributed by atoms with Gasteiger partial charge in [0, 0.05) is 25.7 Å². The topological polar surface area (TPSA) is 105 Å². The van der Waals surface area contributed by atoms with Gasteiger partial charge in [-0.2, -0.15) is 0 Å². The van der Waals surface area contributed by atoms with E-state index < -0.39 is 30.1 Å². The summed E-state index contributed by atoms with van der Waals surface area (Å²) in [6, 6.07) is 14.6. The summed E-state index contributed by atoms with van der Waals surface area (Å²) in [5, 5.41) is 4.43. The van der Waals surface area contributed by atoms with Gasteiger partial charge in [-0.3, -0.25) is 19.7 Å². The largest absolute Gasteiger partial charge is 0.447 e. The van der Waals surface area contributed by atoms with Crippen molar-refractivity contribution in [3.63, 3.8) is 0 Å². The minimum Gasteiger partial charge on any atom is -0.447 e. The quantitative estimate of drug-likeness (QED) is 0.723. The fraction of sp³-hybridized carbons (Fsp3) is 0.217. The van der Waals surface area contributed by atoms with E-state index in [-0.39, 0.29) is 12.3 Å². The molecular weight excluding hydrogens is 398 g/mol. The number of hydrogen-bond acceptors (Lipinski definition) is 5. The van der Waals surface area contributed by atoms with E-state index in [0.717, 1.165) is 11.1 Å².